The van der Waals surface area contributed by atoms with Gasteiger partial charge in [-0.05, 0) is 12.8 Å². The zero-order valence-electron chi connectivity index (χ0n) is 20.9. The molecule has 0 aromatic rings. The number of likely N-dealkylation sites (N-methyl/N-ethyl adjacent to an activating group) is 1. The van der Waals surface area contributed by atoms with Crippen molar-refractivity contribution in [1.29, 1.82) is 0 Å². The molecule has 5 heteroatoms. The number of ether oxygens (including phenoxy) is 1. The van der Waals surface area contributed by atoms with Crippen molar-refractivity contribution >= 4 is 11.8 Å². The average molecular weight is 522 g/mol. The Labute approximate surface area is 209 Å². The van der Waals surface area contributed by atoms with Crippen LogP contribution in [0.3, 0.4) is 0 Å². The number of quaternary nitrogens is 1. The smallest absolute Gasteiger partial charge is 0.117 e. The third-order valence-electron chi connectivity index (χ3n) is 7.16. The van der Waals surface area contributed by atoms with Crippen LogP contribution in [-0.2, 0) is 4.74 Å². The molecule has 0 bridgehead atoms. The molecular weight excluding hydrogens is 468 g/mol. The molecule has 2 saturated heterocycles. The first-order valence-corrected chi connectivity index (χ1v) is 14.6. The average Bonchev–Trinajstić information content (AvgIpc) is 3.18. The van der Waals surface area contributed by atoms with Crippen molar-refractivity contribution in [3.8, 4) is 0 Å². The maximum Gasteiger partial charge on any atom is 0.117 e. The lowest BCUT2D eigenvalue weighted by molar-refractivity contribution is -0.913. The van der Waals surface area contributed by atoms with E-state index in [2.05, 4.69) is 31.1 Å². The van der Waals surface area contributed by atoms with E-state index in [4.69, 9.17) is 4.74 Å². The maximum atomic E-state index is 6.38. The summed E-state index contributed by atoms with van der Waals surface area (Å²) in [5.74, 6) is 1.21. The zero-order chi connectivity index (χ0) is 21.3. The van der Waals surface area contributed by atoms with Crippen LogP contribution in [0.1, 0.15) is 110 Å². The summed E-state index contributed by atoms with van der Waals surface area (Å²) in [6.07, 6.45) is 23.4. The van der Waals surface area contributed by atoms with E-state index in [0.29, 0.717) is 11.5 Å². The van der Waals surface area contributed by atoms with Crippen LogP contribution in [0.4, 0.5) is 0 Å². The fourth-order valence-corrected chi connectivity index (χ4v) is 6.23. The third-order valence-corrected chi connectivity index (χ3v) is 8.44. The molecule has 0 aliphatic carbocycles. The highest BCUT2D eigenvalue weighted by atomic mass is 79.9. The molecule has 0 radical (unpaired) electrons. The summed E-state index contributed by atoms with van der Waals surface area (Å²) in [7, 11) is 2.41. The van der Waals surface area contributed by atoms with Crippen LogP contribution in [0.25, 0.3) is 0 Å². The highest BCUT2D eigenvalue weighted by molar-refractivity contribution is 8.00. The molecule has 2 atom stereocenters. The van der Waals surface area contributed by atoms with Gasteiger partial charge in [0.05, 0.1) is 20.1 Å². The van der Waals surface area contributed by atoms with Crippen molar-refractivity contribution in [2.75, 3.05) is 45.5 Å². The minimum Gasteiger partial charge on any atom is -1.00 e. The third kappa shape index (κ3) is 14.6. The SMILES string of the molecule is CCCCCCCCCCCCCCCCCC1OC(C[N+]2(C)CCNCC2)CS1.[Br-]. The second kappa shape index (κ2) is 19.1. The predicted octanol–water partition coefficient (Wildman–Crippen LogP) is 3.76. The molecule has 0 amide bonds. The highest BCUT2D eigenvalue weighted by Crippen LogP contribution is 2.30. The number of halogens is 1. The standard InChI is InChI=1S/C26H53N2OS.BrH/c1-3-4-5-6-7-8-9-10-11-12-13-14-15-16-17-18-26-29-25(24-30-26)23-28(2)21-19-27-20-22-28;/h25-27H,3-24H2,1-2H3;1H/q+1;/p-1. The molecule has 2 aliphatic rings. The van der Waals surface area contributed by atoms with Crippen molar-refractivity contribution in [1.82, 2.24) is 5.32 Å². The second-order valence-corrected chi connectivity index (χ2v) is 11.5. The summed E-state index contributed by atoms with van der Waals surface area (Å²) in [4.78, 5) is 0. The van der Waals surface area contributed by atoms with Gasteiger partial charge >= 0.3 is 0 Å². The summed E-state index contributed by atoms with van der Waals surface area (Å²) in [5, 5.41) is 3.48. The zero-order valence-corrected chi connectivity index (χ0v) is 23.3. The Morgan fingerprint density at radius 2 is 1.26 bits per heavy atom. The summed E-state index contributed by atoms with van der Waals surface area (Å²) in [5.41, 5.74) is 0.478. The molecule has 1 N–H and O–H groups in total. The van der Waals surface area contributed by atoms with Gasteiger partial charge in [-0.25, -0.2) is 0 Å². The van der Waals surface area contributed by atoms with Gasteiger partial charge in [-0.3, -0.25) is 0 Å². The van der Waals surface area contributed by atoms with E-state index in [-0.39, 0.29) is 17.0 Å². The van der Waals surface area contributed by atoms with Crippen molar-refractivity contribution in [3.63, 3.8) is 0 Å². The quantitative estimate of drug-likeness (QED) is 0.219. The largest absolute Gasteiger partial charge is 1.00 e. The Hall–Kier alpha value is 0.710. The molecule has 2 aliphatic heterocycles. The van der Waals surface area contributed by atoms with Gasteiger partial charge in [-0.2, -0.15) is 0 Å². The van der Waals surface area contributed by atoms with E-state index in [1.807, 2.05) is 0 Å². The van der Waals surface area contributed by atoms with Gasteiger partial charge in [0.15, 0.2) is 0 Å². The number of nitrogens with one attached hydrogen (secondary N) is 1. The van der Waals surface area contributed by atoms with E-state index < -0.39 is 0 Å². The number of thioether (sulfide) groups is 1. The molecule has 2 rings (SSSR count). The lowest BCUT2D eigenvalue weighted by Gasteiger charge is -2.39. The minimum absolute atomic E-state index is 0. The monoisotopic (exact) mass is 520 g/mol. The minimum atomic E-state index is 0. The number of piperazine rings is 1. The first kappa shape index (κ1) is 29.7. The van der Waals surface area contributed by atoms with E-state index in [0.717, 1.165) is 0 Å². The van der Waals surface area contributed by atoms with Crippen molar-refractivity contribution < 1.29 is 26.2 Å². The Morgan fingerprint density at radius 3 is 1.77 bits per heavy atom. The number of hydrogen-bond donors (Lipinski definition) is 1. The predicted molar refractivity (Wildman–Crippen MR) is 134 cm³/mol. The van der Waals surface area contributed by atoms with Crippen LogP contribution < -0.4 is 22.3 Å². The fraction of sp³-hybridized carbons (Fsp3) is 1.00. The van der Waals surface area contributed by atoms with Crippen molar-refractivity contribution in [2.45, 2.75) is 121 Å². The van der Waals surface area contributed by atoms with Gasteiger partial charge in [0.1, 0.15) is 18.1 Å². The summed E-state index contributed by atoms with van der Waals surface area (Å²) >= 11 is 2.08. The molecular formula is C26H53BrN2OS. The summed E-state index contributed by atoms with van der Waals surface area (Å²) in [6, 6.07) is 0. The van der Waals surface area contributed by atoms with Gasteiger partial charge in [0.2, 0.25) is 0 Å². The number of hydrogen-bond acceptors (Lipinski definition) is 3. The van der Waals surface area contributed by atoms with Crippen LogP contribution in [0, 0.1) is 0 Å². The van der Waals surface area contributed by atoms with Crippen LogP contribution in [0.15, 0.2) is 0 Å². The van der Waals surface area contributed by atoms with Crippen LogP contribution in [0.5, 0.6) is 0 Å². The van der Waals surface area contributed by atoms with Gasteiger partial charge in [-0.15, -0.1) is 11.8 Å². The van der Waals surface area contributed by atoms with E-state index in [9.17, 15) is 0 Å². The molecule has 2 heterocycles. The molecule has 0 aromatic carbocycles. The number of nitrogens with zero attached hydrogens (tertiary/aromatic N) is 1. The second-order valence-electron chi connectivity index (χ2n) is 10.3. The molecule has 3 nitrogen and oxygen atoms in total. The maximum absolute atomic E-state index is 6.38. The molecule has 2 fully saturated rings. The molecule has 31 heavy (non-hydrogen) atoms. The fourth-order valence-electron chi connectivity index (χ4n) is 5.05. The lowest BCUT2D eigenvalue weighted by atomic mass is 10.0. The van der Waals surface area contributed by atoms with E-state index in [1.165, 1.54) is 146 Å². The van der Waals surface area contributed by atoms with Gasteiger partial charge in [-0.1, -0.05) is 96.8 Å². The first-order valence-electron chi connectivity index (χ1n) is 13.5. The van der Waals surface area contributed by atoms with Crippen molar-refractivity contribution in [3.05, 3.63) is 0 Å². The summed E-state index contributed by atoms with van der Waals surface area (Å²) < 4.78 is 7.57. The Bertz CT molecular complexity index is 407. The van der Waals surface area contributed by atoms with Crippen LogP contribution >= 0.6 is 11.8 Å². The van der Waals surface area contributed by atoms with Gasteiger partial charge in [0, 0.05) is 18.8 Å². The van der Waals surface area contributed by atoms with Gasteiger partial charge in [0.25, 0.3) is 0 Å². The Kier molecular flexibility index (Phi) is 18.3. The molecule has 2 unspecified atom stereocenters. The lowest BCUT2D eigenvalue weighted by Crippen LogP contribution is -3.00. The molecule has 0 aromatic heterocycles. The molecule has 186 valence electrons. The van der Waals surface area contributed by atoms with Crippen LogP contribution in [0.2, 0.25) is 0 Å². The highest BCUT2D eigenvalue weighted by Gasteiger charge is 2.34. The normalized spacial score (nSPS) is 23.0. The van der Waals surface area contributed by atoms with E-state index in [1.54, 1.807) is 0 Å². The first-order chi connectivity index (χ1) is 14.7. The van der Waals surface area contributed by atoms with Crippen LogP contribution in [-0.4, -0.2) is 61.5 Å². The van der Waals surface area contributed by atoms with Crippen molar-refractivity contribution in [2.24, 2.45) is 0 Å². The topological polar surface area (TPSA) is 21.3 Å². The number of rotatable bonds is 18. The summed E-state index contributed by atoms with van der Waals surface area (Å²) in [6.45, 7) is 8.36. The molecule has 0 saturated carbocycles. The van der Waals surface area contributed by atoms with Gasteiger partial charge < -0.3 is 31.5 Å². The Morgan fingerprint density at radius 1 is 0.774 bits per heavy atom. The Balaban J connectivity index is 0.00000480. The van der Waals surface area contributed by atoms with E-state index >= 15 is 0 Å². The molecule has 0 spiro atoms. The number of unbranched alkanes of at least 4 members (excludes halogenated alkanes) is 14.